The van der Waals surface area contributed by atoms with Crippen molar-refractivity contribution in [1.82, 2.24) is 0 Å². The number of hydrogen-bond donors (Lipinski definition) is 1. The largest absolute Gasteiger partial charge is 0.489 e. The average molecular weight is 433 g/mol. The van der Waals surface area contributed by atoms with Gasteiger partial charge in [-0.3, -0.25) is 4.79 Å². The molecule has 1 N–H and O–H groups in total. The fourth-order valence-electron chi connectivity index (χ4n) is 7.23. The summed E-state index contributed by atoms with van der Waals surface area (Å²) >= 11 is 0. The molecule has 2 aromatic rings. The molecule has 0 aliphatic heterocycles. The summed E-state index contributed by atoms with van der Waals surface area (Å²) in [6.45, 7) is 3.12. The van der Waals surface area contributed by atoms with Crippen molar-refractivity contribution in [2.75, 3.05) is 6.61 Å². The molecule has 3 heteroatoms. The number of benzene rings is 2. The van der Waals surface area contributed by atoms with Crippen molar-refractivity contribution in [2.45, 2.75) is 70.8 Å². The topological polar surface area (TPSA) is 46.5 Å². The molecule has 0 spiro atoms. The van der Waals surface area contributed by atoms with Gasteiger partial charge in [-0.1, -0.05) is 49.7 Å². The molecule has 3 nitrogen and oxygen atoms in total. The molecule has 0 aromatic heterocycles. The molecule has 5 rings (SSSR count). The molecular formula is C29H36O3. The maximum absolute atomic E-state index is 13.1. The smallest absolute Gasteiger partial charge is 0.139 e. The lowest BCUT2D eigenvalue weighted by atomic mass is 9.54. The van der Waals surface area contributed by atoms with E-state index in [1.165, 1.54) is 23.1 Å². The third-order valence-electron chi connectivity index (χ3n) is 8.77. The second-order valence-electron chi connectivity index (χ2n) is 10.5. The van der Waals surface area contributed by atoms with E-state index in [4.69, 9.17) is 4.74 Å². The molecule has 3 aliphatic rings. The number of Topliss-reactive ketones (excluding diaryl/α,β-unsaturated/α-hetero) is 1. The minimum absolute atomic E-state index is 0.124. The summed E-state index contributed by atoms with van der Waals surface area (Å²) in [4.78, 5) is 13.1. The fraction of sp³-hybridized carbons (Fsp3) is 0.552. The van der Waals surface area contributed by atoms with Gasteiger partial charge in [-0.2, -0.15) is 0 Å². The van der Waals surface area contributed by atoms with Crippen molar-refractivity contribution in [3.8, 4) is 5.75 Å². The Morgan fingerprint density at radius 2 is 1.94 bits per heavy atom. The molecule has 0 amide bonds. The zero-order chi connectivity index (χ0) is 22.1. The van der Waals surface area contributed by atoms with E-state index in [1.54, 1.807) is 0 Å². The van der Waals surface area contributed by atoms with Crippen LogP contribution in [0.25, 0.3) is 0 Å². The second kappa shape index (κ2) is 9.02. The SMILES string of the molecule is C[C@]12CC[C@@H]3c4ccc(OCc5ccccc5)cc4CC[C@H]3[C@@H]1[C@H](CCCCO)CC2=O. The number of fused-ring (bicyclic) bond motifs is 5. The third-order valence-corrected chi connectivity index (χ3v) is 8.77. The lowest BCUT2D eigenvalue weighted by Gasteiger charge is -2.50. The maximum Gasteiger partial charge on any atom is 0.139 e. The molecule has 2 fully saturated rings. The Labute approximate surface area is 192 Å². The molecule has 5 atom stereocenters. The Bertz CT molecular complexity index is 952. The van der Waals surface area contributed by atoms with Crippen LogP contribution in [-0.4, -0.2) is 17.5 Å². The van der Waals surface area contributed by atoms with Crippen LogP contribution in [0.2, 0.25) is 0 Å². The number of carbonyl (C=O) groups is 1. The molecule has 32 heavy (non-hydrogen) atoms. The quantitative estimate of drug-likeness (QED) is 0.539. The van der Waals surface area contributed by atoms with Gasteiger partial charge in [0.05, 0.1) is 0 Å². The van der Waals surface area contributed by atoms with Gasteiger partial charge in [-0.05, 0) is 91.0 Å². The van der Waals surface area contributed by atoms with Gasteiger partial charge >= 0.3 is 0 Å². The number of ketones is 1. The van der Waals surface area contributed by atoms with Crippen LogP contribution in [0.5, 0.6) is 5.75 Å². The van der Waals surface area contributed by atoms with Crippen LogP contribution in [0.3, 0.4) is 0 Å². The van der Waals surface area contributed by atoms with Crippen LogP contribution in [0.15, 0.2) is 48.5 Å². The van der Waals surface area contributed by atoms with Gasteiger partial charge in [-0.25, -0.2) is 0 Å². The van der Waals surface area contributed by atoms with Crippen molar-refractivity contribution in [2.24, 2.45) is 23.2 Å². The summed E-state index contributed by atoms with van der Waals surface area (Å²) in [6.07, 6.45) is 8.18. The predicted molar refractivity (Wildman–Crippen MR) is 127 cm³/mol. The van der Waals surface area contributed by atoms with Crippen molar-refractivity contribution >= 4 is 5.78 Å². The standard InChI is InChI=1S/C29H36O3/c1-29-15-14-25-24-13-11-23(32-19-20-7-3-2-4-8-20)17-21(24)10-12-26(25)28(29)22(18-27(29)31)9-5-6-16-30/h2-4,7-8,11,13,17,22,25-26,28,30H,5-6,9-10,12,14-16,18-19H2,1H3/t22-,25-,26-,28+,29-/m1/s1. The summed E-state index contributed by atoms with van der Waals surface area (Å²) in [7, 11) is 0. The van der Waals surface area contributed by atoms with Crippen LogP contribution in [0.1, 0.15) is 74.5 Å². The van der Waals surface area contributed by atoms with Crippen molar-refractivity contribution in [3.05, 3.63) is 65.2 Å². The number of aliphatic hydroxyl groups is 1. The van der Waals surface area contributed by atoms with E-state index < -0.39 is 0 Å². The van der Waals surface area contributed by atoms with Gasteiger partial charge < -0.3 is 9.84 Å². The molecule has 2 aromatic carbocycles. The molecule has 0 radical (unpaired) electrons. The first-order valence-corrected chi connectivity index (χ1v) is 12.5. The second-order valence-corrected chi connectivity index (χ2v) is 10.5. The van der Waals surface area contributed by atoms with Crippen LogP contribution < -0.4 is 4.74 Å². The average Bonchev–Trinajstić information content (AvgIpc) is 3.08. The lowest BCUT2D eigenvalue weighted by molar-refractivity contribution is -0.129. The molecule has 170 valence electrons. The molecular weight excluding hydrogens is 396 g/mol. The zero-order valence-corrected chi connectivity index (χ0v) is 19.3. The Hall–Kier alpha value is -2.13. The van der Waals surface area contributed by atoms with Gasteiger partial charge in [0.15, 0.2) is 0 Å². The van der Waals surface area contributed by atoms with E-state index in [1.807, 2.05) is 18.2 Å². The van der Waals surface area contributed by atoms with Gasteiger partial charge in [0.1, 0.15) is 18.1 Å². The molecule has 2 saturated carbocycles. The molecule has 3 aliphatic carbocycles. The maximum atomic E-state index is 13.1. The highest BCUT2D eigenvalue weighted by atomic mass is 16.5. The summed E-state index contributed by atoms with van der Waals surface area (Å²) in [6, 6.07) is 17.1. The zero-order valence-electron chi connectivity index (χ0n) is 19.3. The summed E-state index contributed by atoms with van der Waals surface area (Å²) in [5.74, 6) is 3.67. The fourth-order valence-corrected chi connectivity index (χ4v) is 7.23. The first kappa shape index (κ1) is 21.7. The molecule has 0 bridgehead atoms. The van der Waals surface area contributed by atoms with Crippen LogP contribution in [-0.2, 0) is 17.8 Å². The highest BCUT2D eigenvalue weighted by molar-refractivity contribution is 5.87. The summed E-state index contributed by atoms with van der Waals surface area (Å²) in [5, 5.41) is 9.22. The van der Waals surface area contributed by atoms with E-state index >= 15 is 0 Å². The van der Waals surface area contributed by atoms with E-state index in [2.05, 4.69) is 37.3 Å². The predicted octanol–water partition coefficient (Wildman–Crippen LogP) is 6.08. The number of unbranched alkanes of at least 4 members (excludes halogenated alkanes) is 1. The molecule has 0 unspecified atom stereocenters. The minimum atomic E-state index is -0.124. The van der Waals surface area contributed by atoms with Gasteiger partial charge in [0, 0.05) is 18.4 Å². The minimum Gasteiger partial charge on any atom is -0.489 e. The van der Waals surface area contributed by atoms with Crippen molar-refractivity contribution < 1.29 is 14.6 Å². The van der Waals surface area contributed by atoms with E-state index in [0.717, 1.165) is 50.7 Å². The van der Waals surface area contributed by atoms with Crippen molar-refractivity contribution in [3.63, 3.8) is 0 Å². The Morgan fingerprint density at radius 1 is 1.09 bits per heavy atom. The number of aliphatic hydroxyl groups excluding tert-OH is 1. The van der Waals surface area contributed by atoms with E-state index in [0.29, 0.717) is 36.1 Å². The Kier molecular flexibility index (Phi) is 6.11. The molecule has 0 saturated heterocycles. The van der Waals surface area contributed by atoms with Gasteiger partial charge in [-0.15, -0.1) is 0 Å². The Balaban J connectivity index is 1.34. The summed E-state index contributed by atoms with van der Waals surface area (Å²) in [5.41, 5.74) is 4.02. The monoisotopic (exact) mass is 432 g/mol. The third kappa shape index (κ3) is 3.90. The van der Waals surface area contributed by atoms with Crippen LogP contribution in [0.4, 0.5) is 0 Å². The highest BCUT2D eigenvalue weighted by Crippen LogP contribution is 2.62. The first-order valence-electron chi connectivity index (χ1n) is 12.5. The van der Waals surface area contributed by atoms with Crippen LogP contribution in [0, 0.1) is 23.2 Å². The summed E-state index contributed by atoms with van der Waals surface area (Å²) < 4.78 is 6.10. The normalized spacial score (nSPS) is 31.0. The van der Waals surface area contributed by atoms with Gasteiger partial charge in [0.25, 0.3) is 0 Å². The number of aryl methyl sites for hydroxylation is 1. The van der Waals surface area contributed by atoms with Crippen molar-refractivity contribution in [1.29, 1.82) is 0 Å². The highest BCUT2D eigenvalue weighted by Gasteiger charge is 2.58. The van der Waals surface area contributed by atoms with Crippen LogP contribution >= 0.6 is 0 Å². The molecule has 0 heterocycles. The van der Waals surface area contributed by atoms with E-state index in [9.17, 15) is 9.90 Å². The number of rotatable bonds is 7. The number of hydrogen-bond acceptors (Lipinski definition) is 3. The first-order chi connectivity index (χ1) is 15.6. The number of carbonyl (C=O) groups excluding carboxylic acids is 1. The van der Waals surface area contributed by atoms with E-state index in [-0.39, 0.29) is 12.0 Å². The van der Waals surface area contributed by atoms with Gasteiger partial charge in [0.2, 0.25) is 0 Å². The number of ether oxygens (including phenoxy) is 1. The Morgan fingerprint density at radius 3 is 2.75 bits per heavy atom. The lowest BCUT2D eigenvalue weighted by Crippen LogP contribution is -2.44.